The van der Waals surface area contributed by atoms with Crippen LogP contribution in [-0.4, -0.2) is 19.1 Å². The van der Waals surface area contributed by atoms with Gasteiger partial charge >= 0.3 is 0 Å². The number of nitrogens with one attached hydrogen (secondary N) is 1. The molecule has 1 amide bonds. The molecular weight excluding hydrogens is 302 g/mol. The van der Waals surface area contributed by atoms with Crippen LogP contribution in [0.2, 0.25) is 0 Å². The van der Waals surface area contributed by atoms with Crippen molar-refractivity contribution in [1.82, 2.24) is 5.32 Å². The first-order valence-corrected chi connectivity index (χ1v) is 8.79. The molecule has 1 aliphatic rings. The van der Waals surface area contributed by atoms with E-state index >= 15 is 0 Å². The average molecular weight is 327 g/mol. The van der Waals surface area contributed by atoms with Crippen molar-refractivity contribution >= 4 is 5.91 Å². The molecule has 0 unspecified atom stereocenters. The molecule has 3 rings (SSSR count). The van der Waals surface area contributed by atoms with Gasteiger partial charge in [-0.3, -0.25) is 4.79 Å². The van der Waals surface area contributed by atoms with E-state index in [0.717, 1.165) is 24.2 Å². The Kier molecular flexibility index (Phi) is 6.07. The fraction of sp³-hybridized carbons (Fsp3) is 0.450. The molecule has 0 saturated heterocycles. The largest absolute Gasteiger partial charge is 0.467 e. The molecule has 1 N–H and O–H groups in total. The molecule has 128 valence electrons. The highest BCUT2D eigenvalue weighted by Crippen LogP contribution is 2.22. The standard InChI is InChI=1S/C20H25NO3/c22-20(21-10-4-11-23-15-19-7-3-12-24-19)14-16-8-9-17-5-1-2-6-18(17)13-16/h3,7-9,12-13H,1-2,4-6,10-11,14-15H2,(H,21,22). The summed E-state index contributed by atoms with van der Waals surface area (Å²) >= 11 is 0. The number of benzene rings is 1. The van der Waals surface area contributed by atoms with Crippen LogP contribution < -0.4 is 5.32 Å². The van der Waals surface area contributed by atoms with Crippen molar-refractivity contribution in [3.05, 3.63) is 59.0 Å². The fourth-order valence-electron chi connectivity index (χ4n) is 3.11. The highest BCUT2D eigenvalue weighted by molar-refractivity contribution is 5.78. The quantitative estimate of drug-likeness (QED) is 0.756. The van der Waals surface area contributed by atoms with Crippen LogP contribution in [0.15, 0.2) is 41.0 Å². The van der Waals surface area contributed by atoms with E-state index in [-0.39, 0.29) is 5.91 Å². The summed E-state index contributed by atoms with van der Waals surface area (Å²) in [5.41, 5.74) is 4.00. The van der Waals surface area contributed by atoms with E-state index in [9.17, 15) is 4.79 Å². The maximum Gasteiger partial charge on any atom is 0.224 e. The lowest BCUT2D eigenvalue weighted by Gasteiger charge is -2.16. The summed E-state index contributed by atoms with van der Waals surface area (Å²) in [6, 6.07) is 10.2. The van der Waals surface area contributed by atoms with E-state index in [1.807, 2.05) is 12.1 Å². The molecule has 4 nitrogen and oxygen atoms in total. The van der Waals surface area contributed by atoms with Gasteiger partial charge in [0.15, 0.2) is 0 Å². The van der Waals surface area contributed by atoms with Crippen molar-refractivity contribution < 1.29 is 13.9 Å². The second-order valence-corrected chi connectivity index (χ2v) is 6.32. The number of rotatable bonds is 8. The molecule has 0 radical (unpaired) electrons. The SMILES string of the molecule is O=C(Cc1ccc2c(c1)CCCC2)NCCCOCc1ccco1. The van der Waals surface area contributed by atoms with Crippen molar-refractivity contribution in [2.24, 2.45) is 0 Å². The predicted octanol–water partition coefficient (Wildman–Crippen LogP) is 3.42. The first-order chi connectivity index (χ1) is 11.8. The lowest BCUT2D eigenvalue weighted by molar-refractivity contribution is -0.120. The topological polar surface area (TPSA) is 51.5 Å². The Labute approximate surface area is 143 Å². The first kappa shape index (κ1) is 16.8. The second-order valence-electron chi connectivity index (χ2n) is 6.32. The van der Waals surface area contributed by atoms with Crippen molar-refractivity contribution in [3.63, 3.8) is 0 Å². The van der Waals surface area contributed by atoms with Crippen molar-refractivity contribution in [1.29, 1.82) is 0 Å². The summed E-state index contributed by atoms with van der Waals surface area (Å²) in [6.45, 7) is 1.73. The van der Waals surface area contributed by atoms with E-state index in [4.69, 9.17) is 9.15 Å². The van der Waals surface area contributed by atoms with Crippen LogP contribution >= 0.6 is 0 Å². The normalized spacial score (nSPS) is 13.5. The highest BCUT2D eigenvalue weighted by Gasteiger charge is 2.11. The maximum absolute atomic E-state index is 12.0. The van der Waals surface area contributed by atoms with Gasteiger partial charge in [-0.05, 0) is 60.9 Å². The third kappa shape index (κ3) is 4.96. The van der Waals surface area contributed by atoms with Gasteiger partial charge in [-0.1, -0.05) is 18.2 Å². The third-order valence-corrected chi connectivity index (χ3v) is 4.39. The number of hydrogen-bond donors (Lipinski definition) is 1. The zero-order chi connectivity index (χ0) is 16.6. The van der Waals surface area contributed by atoms with E-state index in [2.05, 4.69) is 23.5 Å². The van der Waals surface area contributed by atoms with Gasteiger partial charge in [0.05, 0.1) is 12.7 Å². The molecule has 1 aliphatic carbocycles. The summed E-state index contributed by atoms with van der Waals surface area (Å²) < 4.78 is 10.7. The molecule has 0 aliphatic heterocycles. The number of furan rings is 1. The summed E-state index contributed by atoms with van der Waals surface area (Å²) in [6.07, 6.45) is 7.78. The molecule has 24 heavy (non-hydrogen) atoms. The van der Waals surface area contributed by atoms with Crippen LogP contribution in [0.5, 0.6) is 0 Å². The minimum atomic E-state index is 0.0804. The van der Waals surface area contributed by atoms with Gasteiger partial charge in [0.2, 0.25) is 5.91 Å². The van der Waals surface area contributed by atoms with Crippen LogP contribution in [0.25, 0.3) is 0 Å². The van der Waals surface area contributed by atoms with Crippen LogP contribution in [0.3, 0.4) is 0 Å². The number of hydrogen-bond acceptors (Lipinski definition) is 3. The highest BCUT2D eigenvalue weighted by atomic mass is 16.5. The predicted molar refractivity (Wildman–Crippen MR) is 92.8 cm³/mol. The Morgan fingerprint density at radius 1 is 1.17 bits per heavy atom. The smallest absolute Gasteiger partial charge is 0.224 e. The van der Waals surface area contributed by atoms with Crippen LogP contribution in [-0.2, 0) is 35.4 Å². The zero-order valence-electron chi connectivity index (χ0n) is 14.1. The molecule has 1 aromatic heterocycles. The molecule has 1 aromatic carbocycles. The molecule has 0 spiro atoms. The van der Waals surface area contributed by atoms with Gasteiger partial charge in [0.1, 0.15) is 12.4 Å². The van der Waals surface area contributed by atoms with E-state index in [0.29, 0.717) is 26.2 Å². The molecular formula is C20H25NO3. The Hall–Kier alpha value is -2.07. The average Bonchev–Trinajstić information content (AvgIpc) is 3.11. The Balaban J connectivity index is 1.32. The molecule has 0 saturated carbocycles. The Bertz CT molecular complexity index is 649. The van der Waals surface area contributed by atoms with Crippen molar-refractivity contribution in [2.45, 2.75) is 45.1 Å². The summed E-state index contributed by atoms with van der Waals surface area (Å²) in [5.74, 6) is 0.906. The number of aryl methyl sites for hydroxylation is 2. The third-order valence-electron chi connectivity index (χ3n) is 4.39. The number of ether oxygens (including phenoxy) is 1. The number of fused-ring (bicyclic) bond motifs is 1. The molecule has 4 heteroatoms. The Morgan fingerprint density at radius 3 is 2.88 bits per heavy atom. The van der Waals surface area contributed by atoms with Gasteiger partial charge in [-0.25, -0.2) is 0 Å². The number of carbonyl (C=O) groups is 1. The van der Waals surface area contributed by atoms with Gasteiger partial charge in [0, 0.05) is 13.2 Å². The molecule has 0 bridgehead atoms. The number of amides is 1. The van der Waals surface area contributed by atoms with Gasteiger partial charge in [-0.2, -0.15) is 0 Å². The minimum Gasteiger partial charge on any atom is -0.467 e. The lowest BCUT2D eigenvalue weighted by Crippen LogP contribution is -2.27. The Morgan fingerprint density at radius 2 is 2.04 bits per heavy atom. The molecule has 2 aromatic rings. The van der Waals surface area contributed by atoms with Crippen LogP contribution in [0.4, 0.5) is 0 Å². The second kappa shape index (κ2) is 8.69. The minimum absolute atomic E-state index is 0.0804. The van der Waals surface area contributed by atoms with Crippen molar-refractivity contribution in [3.8, 4) is 0 Å². The molecule has 0 atom stereocenters. The van der Waals surface area contributed by atoms with E-state index in [1.54, 1.807) is 6.26 Å². The van der Waals surface area contributed by atoms with E-state index < -0.39 is 0 Å². The van der Waals surface area contributed by atoms with Crippen molar-refractivity contribution in [2.75, 3.05) is 13.2 Å². The van der Waals surface area contributed by atoms with Crippen LogP contribution in [0, 0.1) is 0 Å². The van der Waals surface area contributed by atoms with Gasteiger partial charge < -0.3 is 14.5 Å². The first-order valence-electron chi connectivity index (χ1n) is 8.79. The molecule has 0 fully saturated rings. The summed E-state index contributed by atoms with van der Waals surface area (Å²) in [5, 5.41) is 2.96. The van der Waals surface area contributed by atoms with E-state index in [1.165, 1.54) is 30.4 Å². The van der Waals surface area contributed by atoms with Gasteiger partial charge in [-0.15, -0.1) is 0 Å². The van der Waals surface area contributed by atoms with Gasteiger partial charge in [0.25, 0.3) is 0 Å². The van der Waals surface area contributed by atoms with Crippen LogP contribution in [0.1, 0.15) is 41.7 Å². The monoisotopic (exact) mass is 327 g/mol. The summed E-state index contributed by atoms with van der Waals surface area (Å²) in [7, 11) is 0. The maximum atomic E-state index is 12.0. The lowest BCUT2D eigenvalue weighted by atomic mass is 9.90. The number of carbonyl (C=O) groups excluding carboxylic acids is 1. The fourth-order valence-corrected chi connectivity index (χ4v) is 3.11. The summed E-state index contributed by atoms with van der Waals surface area (Å²) in [4.78, 5) is 12.0. The zero-order valence-corrected chi connectivity index (χ0v) is 14.1. The molecule has 1 heterocycles.